The van der Waals surface area contributed by atoms with Crippen LogP contribution in [0.4, 0.5) is 0 Å². The maximum Gasteiger partial charge on any atom is 0.243 e. The minimum absolute atomic E-state index is 0. The fourth-order valence-electron chi connectivity index (χ4n) is 2.28. The van der Waals surface area contributed by atoms with Crippen molar-refractivity contribution >= 4 is 35.8 Å². The van der Waals surface area contributed by atoms with E-state index in [0.717, 1.165) is 25.1 Å². The molecule has 0 aliphatic heterocycles. The highest BCUT2D eigenvalue weighted by atomic mass is 127. The molecule has 0 unspecified atom stereocenters. The fraction of sp³-hybridized carbons (Fsp3) is 0.778. The van der Waals surface area contributed by atoms with Gasteiger partial charge in [0.1, 0.15) is 6.54 Å². The Labute approximate surface area is 171 Å². The lowest BCUT2D eigenvalue weighted by Crippen LogP contribution is -2.42. The van der Waals surface area contributed by atoms with Gasteiger partial charge in [-0.15, -0.1) is 24.0 Å². The van der Waals surface area contributed by atoms with Gasteiger partial charge >= 0.3 is 0 Å². The molecular weight excluding hydrogens is 429 g/mol. The summed E-state index contributed by atoms with van der Waals surface area (Å²) in [7, 11) is 3.47. The number of nitrogens with one attached hydrogen (secondary N) is 2. The topological polar surface area (TPSA) is 60.0 Å². The van der Waals surface area contributed by atoms with Gasteiger partial charge in [0.25, 0.3) is 0 Å². The largest absolute Gasteiger partial charge is 0.356 e. The van der Waals surface area contributed by atoms with E-state index in [-0.39, 0.29) is 36.4 Å². The summed E-state index contributed by atoms with van der Waals surface area (Å²) in [5, 5.41) is 6.51. The van der Waals surface area contributed by atoms with E-state index in [4.69, 9.17) is 0 Å². The van der Waals surface area contributed by atoms with Crippen molar-refractivity contribution in [2.75, 3.05) is 40.3 Å². The van der Waals surface area contributed by atoms with E-state index in [9.17, 15) is 4.79 Å². The Morgan fingerprint density at radius 2 is 1.68 bits per heavy atom. The van der Waals surface area contributed by atoms with E-state index in [1.54, 1.807) is 19.0 Å². The zero-order valence-electron chi connectivity index (χ0n) is 17.1. The summed E-state index contributed by atoms with van der Waals surface area (Å²) in [6.45, 7) is 17.4. The molecule has 0 fully saturated rings. The first-order valence-electron chi connectivity index (χ1n) is 8.77. The fourth-order valence-corrected chi connectivity index (χ4v) is 2.28. The van der Waals surface area contributed by atoms with E-state index < -0.39 is 0 Å². The molecule has 0 aromatic heterocycles. The van der Waals surface area contributed by atoms with Gasteiger partial charge in [-0.3, -0.25) is 9.69 Å². The molecule has 0 spiro atoms. The maximum absolute atomic E-state index is 11.7. The van der Waals surface area contributed by atoms with Gasteiger partial charge in [-0.25, -0.2) is 4.99 Å². The number of halogens is 1. The second-order valence-corrected chi connectivity index (χ2v) is 6.97. The lowest BCUT2D eigenvalue weighted by molar-refractivity contribution is -0.127. The summed E-state index contributed by atoms with van der Waals surface area (Å²) in [5.41, 5.74) is 1.02. The Morgan fingerprint density at radius 1 is 1.12 bits per heavy atom. The van der Waals surface area contributed by atoms with Crippen molar-refractivity contribution in [2.24, 2.45) is 4.99 Å². The van der Waals surface area contributed by atoms with Crippen LogP contribution in [0.15, 0.2) is 17.1 Å². The Morgan fingerprint density at radius 3 is 2.12 bits per heavy atom. The average molecular weight is 467 g/mol. The van der Waals surface area contributed by atoms with Gasteiger partial charge in [-0.05, 0) is 41.0 Å². The molecule has 0 radical (unpaired) electrons. The predicted molar refractivity (Wildman–Crippen MR) is 119 cm³/mol. The van der Waals surface area contributed by atoms with E-state index in [2.05, 4.69) is 54.8 Å². The van der Waals surface area contributed by atoms with Gasteiger partial charge in [0.15, 0.2) is 5.96 Å². The van der Waals surface area contributed by atoms with E-state index in [1.165, 1.54) is 0 Å². The Kier molecular flexibility index (Phi) is 15.2. The highest BCUT2D eigenvalue weighted by Gasteiger charge is 2.12. The monoisotopic (exact) mass is 467 g/mol. The maximum atomic E-state index is 11.7. The molecule has 0 heterocycles. The first kappa shape index (κ1) is 26.4. The smallest absolute Gasteiger partial charge is 0.243 e. The van der Waals surface area contributed by atoms with Crippen LogP contribution < -0.4 is 10.6 Å². The van der Waals surface area contributed by atoms with E-state index >= 15 is 0 Å². The van der Waals surface area contributed by atoms with Crippen molar-refractivity contribution in [1.29, 1.82) is 0 Å². The third-order valence-corrected chi connectivity index (χ3v) is 3.64. The molecule has 7 heteroatoms. The van der Waals surface area contributed by atoms with Crippen molar-refractivity contribution in [3.63, 3.8) is 0 Å². The average Bonchev–Trinajstić information content (AvgIpc) is 2.47. The summed E-state index contributed by atoms with van der Waals surface area (Å²) < 4.78 is 0. The van der Waals surface area contributed by atoms with Crippen molar-refractivity contribution in [1.82, 2.24) is 20.4 Å². The standard InChI is InChI=1S/C18H37N5O.HI/c1-14(2)12-20-18(21-13-17(24)22(7)8)19-10-9-11-23(15(3)4)16(5)6;/h15-16H,1,9-13H2,2-8H3,(H2,19,20,21);1H. The number of aliphatic imine (C=N–C) groups is 1. The van der Waals surface area contributed by atoms with Gasteiger partial charge in [-0.1, -0.05) is 12.2 Å². The molecule has 0 rings (SSSR count). The van der Waals surface area contributed by atoms with E-state index in [1.807, 2.05) is 6.92 Å². The normalized spacial score (nSPS) is 11.5. The van der Waals surface area contributed by atoms with Crippen LogP contribution in [0, 0.1) is 0 Å². The second-order valence-electron chi connectivity index (χ2n) is 6.97. The molecule has 0 saturated heterocycles. The zero-order chi connectivity index (χ0) is 18.7. The second kappa shape index (κ2) is 14.4. The number of amides is 1. The Balaban J connectivity index is 0. The molecule has 0 aromatic carbocycles. The number of guanidine groups is 1. The highest BCUT2D eigenvalue weighted by Crippen LogP contribution is 2.05. The van der Waals surface area contributed by atoms with Gasteiger partial charge < -0.3 is 15.5 Å². The number of likely N-dealkylation sites (N-methyl/N-ethyl adjacent to an activating group) is 1. The molecule has 0 atom stereocenters. The third-order valence-electron chi connectivity index (χ3n) is 3.64. The highest BCUT2D eigenvalue weighted by molar-refractivity contribution is 14.0. The Bertz CT molecular complexity index is 414. The first-order chi connectivity index (χ1) is 11.1. The number of hydrogen-bond donors (Lipinski definition) is 2. The van der Waals surface area contributed by atoms with Gasteiger partial charge in [0, 0.05) is 45.8 Å². The number of nitrogens with zero attached hydrogens (tertiary/aromatic N) is 3. The van der Waals surface area contributed by atoms with E-state index in [0.29, 0.717) is 24.6 Å². The summed E-state index contributed by atoms with van der Waals surface area (Å²) in [6.07, 6.45) is 1.02. The van der Waals surface area contributed by atoms with Crippen LogP contribution in [-0.2, 0) is 4.79 Å². The molecule has 0 saturated carbocycles. The van der Waals surface area contributed by atoms with Crippen LogP contribution in [0.1, 0.15) is 41.0 Å². The van der Waals surface area contributed by atoms with Crippen molar-refractivity contribution < 1.29 is 4.79 Å². The summed E-state index contributed by atoms with van der Waals surface area (Å²) >= 11 is 0. The summed E-state index contributed by atoms with van der Waals surface area (Å²) in [6, 6.07) is 1.08. The summed E-state index contributed by atoms with van der Waals surface area (Å²) in [5.74, 6) is 0.644. The SMILES string of the molecule is C=C(C)CNC(=NCC(=O)N(C)C)NCCCN(C(C)C)C(C)C.I. The number of hydrogen-bond acceptors (Lipinski definition) is 3. The van der Waals surface area contributed by atoms with Gasteiger partial charge in [0.05, 0.1) is 0 Å². The molecule has 148 valence electrons. The van der Waals surface area contributed by atoms with Crippen molar-refractivity contribution in [3.8, 4) is 0 Å². The molecular formula is C18H38IN5O. The number of rotatable bonds is 10. The molecule has 0 aromatic rings. The number of carbonyl (C=O) groups is 1. The van der Waals surface area contributed by atoms with Gasteiger partial charge in [-0.2, -0.15) is 0 Å². The van der Waals surface area contributed by atoms with Crippen LogP contribution in [-0.4, -0.2) is 74.0 Å². The van der Waals surface area contributed by atoms with Crippen molar-refractivity contribution in [2.45, 2.75) is 53.1 Å². The quantitative estimate of drug-likeness (QED) is 0.170. The molecule has 25 heavy (non-hydrogen) atoms. The van der Waals surface area contributed by atoms with Crippen LogP contribution in [0.2, 0.25) is 0 Å². The first-order valence-corrected chi connectivity index (χ1v) is 8.77. The van der Waals surface area contributed by atoms with Crippen LogP contribution >= 0.6 is 24.0 Å². The molecule has 0 bridgehead atoms. The minimum Gasteiger partial charge on any atom is -0.356 e. The molecule has 2 N–H and O–H groups in total. The lowest BCUT2D eigenvalue weighted by Gasteiger charge is -2.30. The Hall–Kier alpha value is -0.830. The third kappa shape index (κ3) is 13.1. The molecule has 0 aliphatic rings. The minimum atomic E-state index is -0.0165. The zero-order valence-corrected chi connectivity index (χ0v) is 19.4. The number of carbonyl (C=O) groups excluding carboxylic acids is 1. The lowest BCUT2D eigenvalue weighted by atomic mass is 10.2. The van der Waals surface area contributed by atoms with Crippen LogP contribution in [0.25, 0.3) is 0 Å². The van der Waals surface area contributed by atoms with Crippen LogP contribution in [0.3, 0.4) is 0 Å². The molecule has 1 amide bonds. The van der Waals surface area contributed by atoms with Crippen LogP contribution in [0.5, 0.6) is 0 Å². The predicted octanol–water partition coefficient (Wildman–Crippen LogP) is 2.31. The van der Waals surface area contributed by atoms with Gasteiger partial charge in [0.2, 0.25) is 5.91 Å². The molecule has 6 nitrogen and oxygen atoms in total. The van der Waals surface area contributed by atoms with Crippen molar-refractivity contribution in [3.05, 3.63) is 12.2 Å². The summed E-state index contributed by atoms with van der Waals surface area (Å²) in [4.78, 5) is 20.1. The molecule has 0 aliphatic carbocycles.